The monoisotopic (exact) mass is 327 g/mol. The molecule has 0 aromatic heterocycles. The number of benzene rings is 2. The average Bonchev–Trinajstić information content (AvgIpc) is 2.56. The molecule has 0 aliphatic carbocycles. The Kier molecular flexibility index (Phi) is 5.88. The molecular formula is C20H22FNO2. The van der Waals surface area contributed by atoms with Crippen molar-refractivity contribution < 1.29 is 14.3 Å². The number of nitrogens with two attached hydrogens (primary N) is 1. The van der Waals surface area contributed by atoms with E-state index in [-0.39, 0.29) is 12.2 Å². The van der Waals surface area contributed by atoms with Crippen molar-refractivity contribution in [3.8, 4) is 0 Å². The predicted octanol–water partition coefficient (Wildman–Crippen LogP) is 4.18. The molecule has 3 N–H and O–H groups in total. The normalized spacial score (nSPS) is 13.1. The van der Waals surface area contributed by atoms with Gasteiger partial charge < -0.3 is 10.8 Å². The van der Waals surface area contributed by atoms with Crippen LogP contribution in [0.3, 0.4) is 0 Å². The predicted molar refractivity (Wildman–Crippen MR) is 94.2 cm³/mol. The fourth-order valence-electron chi connectivity index (χ4n) is 2.43. The van der Waals surface area contributed by atoms with Gasteiger partial charge in [0.1, 0.15) is 11.9 Å². The standard InChI is InChI=1S/C20H22FNO2/c1-13(2)14-3-5-15(6-4-14)18(11-12-19(22)20(23)24)16-7-9-17(21)10-8-16/h3-11,13,19H,12,22H2,1-2H3,(H,23,24). The van der Waals surface area contributed by atoms with E-state index in [1.54, 1.807) is 18.2 Å². The van der Waals surface area contributed by atoms with Crippen molar-refractivity contribution in [1.82, 2.24) is 0 Å². The summed E-state index contributed by atoms with van der Waals surface area (Å²) in [6.45, 7) is 4.25. The van der Waals surface area contributed by atoms with Gasteiger partial charge in [-0.05, 0) is 46.7 Å². The van der Waals surface area contributed by atoms with E-state index in [0.29, 0.717) is 5.92 Å². The van der Waals surface area contributed by atoms with Crippen molar-refractivity contribution in [3.05, 3.63) is 77.1 Å². The molecule has 0 saturated carbocycles. The lowest BCUT2D eigenvalue weighted by Gasteiger charge is -2.12. The lowest BCUT2D eigenvalue weighted by atomic mass is 9.93. The topological polar surface area (TPSA) is 63.3 Å². The number of aliphatic carboxylic acids is 1. The highest BCUT2D eigenvalue weighted by Crippen LogP contribution is 2.26. The number of halogens is 1. The lowest BCUT2D eigenvalue weighted by Crippen LogP contribution is -2.29. The molecule has 126 valence electrons. The summed E-state index contributed by atoms with van der Waals surface area (Å²) in [4.78, 5) is 10.9. The van der Waals surface area contributed by atoms with Crippen molar-refractivity contribution in [2.75, 3.05) is 0 Å². The van der Waals surface area contributed by atoms with Gasteiger partial charge in [0.25, 0.3) is 0 Å². The Bertz CT molecular complexity index is 718. The Balaban J connectivity index is 2.40. The SMILES string of the molecule is CC(C)c1ccc(C(=CCC(N)C(=O)O)c2ccc(F)cc2)cc1. The van der Waals surface area contributed by atoms with E-state index in [1.165, 1.54) is 17.7 Å². The maximum absolute atomic E-state index is 13.2. The summed E-state index contributed by atoms with van der Waals surface area (Å²) >= 11 is 0. The maximum Gasteiger partial charge on any atom is 0.320 e. The molecule has 4 heteroatoms. The molecule has 2 rings (SSSR count). The fourth-order valence-corrected chi connectivity index (χ4v) is 2.43. The molecule has 0 saturated heterocycles. The van der Waals surface area contributed by atoms with Crippen LogP contribution in [0.5, 0.6) is 0 Å². The molecule has 0 radical (unpaired) electrons. The van der Waals surface area contributed by atoms with Crippen LogP contribution in [0, 0.1) is 5.82 Å². The minimum absolute atomic E-state index is 0.202. The summed E-state index contributed by atoms with van der Waals surface area (Å²) in [5.74, 6) is -0.923. The van der Waals surface area contributed by atoms with Gasteiger partial charge in [-0.25, -0.2) is 4.39 Å². The van der Waals surface area contributed by atoms with Gasteiger partial charge in [0, 0.05) is 0 Å². The molecule has 0 fully saturated rings. The Morgan fingerprint density at radius 2 is 1.58 bits per heavy atom. The van der Waals surface area contributed by atoms with Crippen LogP contribution in [0.25, 0.3) is 5.57 Å². The van der Waals surface area contributed by atoms with E-state index in [9.17, 15) is 9.18 Å². The second kappa shape index (κ2) is 7.88. The summed E-state index contributed by atoms with van der Waals surface area (Å²) in [5, 5.41) is 8.97. The second-order valence-corrected chi connectivity index (χ2v) is 6.08. The van der Waals surface area contributed by atoms with Gasteiger partial charge in [-0.1, -0.05) is 56.3 Å². The van der Waals surface area contributed by atoms with Crippen molar-refractivity contribution in [2.45, 2.75) is 32.2 Å². The van der Waals surface area contributed by atoms with Gasteiger partial charge in [0.05, 0.1) is 0 Å². The van der Waals surface area contributed by atoms with Gasteiger partial charge in [-0.15, -0.1) is 0 Å². The molecule has 2 aromatic rings. The Labute approximate surface area is 141 Å². The number of carboxylic acids is 1. The van der Waals surface area contributed by atoms with Crippen LogP contribution in [-0.2, 0) is 4.79 Å². The van der Waals surface area contributed by atoms with Gasteiger partial charge in [-0.3, -0.25) is 4.79 Å². The minimum atomic E-state index is -1.04. The van der Waals surface area contributed by atoms with Gasteiger partial charge in [0.15, 0.2) is 0 Å². The summed E-state index contributed by atoms with van der Waals surface area (Å²) in [6.07, 6.45) is 2.00. The summed E-state index contributed by atoms with van der Waals surface area (Å²) < 4.78 is 13.2. The van der Waals surface area contributed by atoms with E-state index < -0.39 is 12.0 Å². The number of carbonyl (C=O) groups is 1. The minimum Gasteiger partial charge on any atom is -0.480 e. The molecule has 3 nitrogen and oxygen atoms in total. The first kappa shape index (κ1) is 17.9. The van der Waals surface area contributed by atoms with E-state index in [1.807, 2.05) is 12.1 Å². The number of hydrogen-bond donors (Lipinski definition) is 2. The molecule has 0 amide bonds. The first-order valence-corrected chi connectivity index (χ1v) is 7.93. The van der Waals surface area contributed by atoms with Crippen molar-refractivity contribution in [2.24, 2.45) is 5.73 Å². The van der Waals surface area contributed by atoms with Crippen LogP contribution < -0.4 is 5.73 Å². The first-order valence-electron chi connectivity index (χ1n) is 7.93. The zero-order valence-electron chi connectivity index (χ0n) is 13.9. The zero-order chi connectivity index (χ0) is 17.7. The zero-order valence-corrected chi connectivity index (χ0v) is 13.9. The fraction of sp³-hybridized carbons (Fsp3) is 0.250. The molecule has 1 unspecified atom stereocenters. The number of rotatable bonds is 6. The largest absolute Gasteiger partial charge is 0.480 e. The van der Waals surface area contributed by atoms with E-state index in [4.69, 9.17) is 10.8 Å². The van der Waals surface area contributed by atoms with Crippen LogP contribution in [0.15, 0.2) is 54.6 Å². The van der Waals surface area contributed by atoms with Gasteiger partial charge >= 0.3 is 5.97 Å². The van der Waals surface area contributed by atoms with Crippen molar-refractivity contribution >= 4 is 11.5 Å². The molecule has 2 aromatic carbocycles. The van der Waals surface area contributed by atoms with Crippen molar-refractivity contribution in [1.29, 1.82) is 0 Å². The molecule has 1 atom stereocenters. The summed E-state index contributed by atoms with van der Waals surface area (Å²) in [7, 11) is 0. The van der Waals surface area contributed by atoms with Crippen LogP contribution in [0.4, 0.5) is 4.39 Å². The Morgan fingerprint density at radius 3 is 2.04 bits per heavy atom. The van der Waals surface area contributed by atoms with Crippen LogP contribution in [-0.4, -0.2) is 17.1 Å². The van der Waals surface area contributed by atoms with E-state index in [0.717, 1.165) is 16.7 Å². The van der Waals surface area contributed by atoms with Crippen LogP contribution in [0.1, 0.15) is 42.9 Å². The summed E-state index contributed by atoms with van der Waals surface area (Å²) in [6, 6.07) is 13.3. The van der Waals surface area contributed by atoms with E-state index in [2.05, 4.69) is 26.0 Å². The molecule has 0 spiro atoms. The smallest absolute Gasteiger partial charge is 0.320 e. The maximum atomic E-state index is 13.2. The first-order chi connectivity index (χ1) is 11.4. The number of carboxylic acid groups (broad SMARTS) is 1. The Morgan fingerprint density at radius 1 is 1.08 bits per heavy atom. The van der Waals surface area contributed by atoms with Gasteiger partial charge in [-0.2, -0.15) is 0 Å². The Hall–Kier alpha value is -2.46. The third kappa shape index (κ3) is 4.52. The third-order valence-electron chi connectivity index (χ3n) is 3.94. The second-order valence-electron chi connectivity index (χ2n) is 6.08. The number of hydrogen-bond acceptors (Lipinski definition) is 2. The van der Waals surface area contributed by atoms with Crippen LogP contribution in [0.2, 0.25) is 0 Å². The van der Waals surface area contributed by atoms with Crippen LogP contribution >= 0.6 is 0 Å². The van der Waals surface area contributed by atoms with E-state index >= 15 is 0 Å². The van der Waals surface area contributed by atoms with Crippen molar-refractivity contribution in [3.63, 3.8) is 0 Å². The average molecular weight is 327 g/mol. The summed E-state index contributed by atoms with van der Waals surface area (Å²) in [5.41, 5.74) is 9.45. The lowest BCUT2D eigenvalue weighted by molar-refractivity contribution is -0.138. The third-order valence-corrected chi connectivity index (χ3v) is 3.94. The molecule has 24 heavy (non-hydrogen) atoms. The molecule has 0 aliphatic rings. The molecule has 0 bridgehead atoms. The highest BCUT2D eigenvalue weighted by Gasteiger charge is 2.12. The van der Waals surface area contributed by atoms with Gasteiger partial charge in [0.2, 0.25) is 0 Å². The molecule has 0 heterocycles. The molecule has 0 aliphatic heterocycles. The highest BCUT2D eigenvalue weighted by molar-refractivity contribution is 5.81. The quantitative estimate of drug-likeness (QED) is 0.836. The molecular weight excluding hydrogens is 305 g/mol. The highest BCUT2D eigenvalue weighted by atomic mass is 19.1.